The van der Waals surface area contributed by atoms with Crippen molar-refractivity contribution in [2.75, 3.05) is 0 Å². The van der Waals surface area contributed by atoms with E-state index < -0.39 is 11.3 Å². The molecule has 1 aromatic carbocycles. The second-order valence-electron chi connectivity index (χ2n) is 2.46. The Bertz CT molecular complexity index is 476. The summed E-state index contributed by atoms with van der Waals surface area (Å²) in [6.07, 6.45) is 1.71. The van der Waals surface area contributed by atoms with Gasteiger partial charge in [0.1, 0.15) is 0 Å². The summed E-state index contributed by atoms with van der Waals surface area (Å²) in [4.78, 5) is 7.89. The first-order valence-corrected chi connectivity index (χ1v) is 5.32. The van der Waals surface area contributed by atoms with E-state index in [1.54, 1.807) is 6.20 Å². The van der Waals surface area contributed by atoms with E-state index in [2.05, 4.69) is 15.1 Å². The van der Waals surface area contributed by atoms with Crippen LogP contribution < -0.4 is 5.14 Å². The van der Waals surface area contributed by atoms with Gasteiger partial charge >= 0.3 is 0 Å². The molecule has 15 heavy (non-hydrogen) atoms. The van der Waals surface area contributed by atoms with Gasteiger partial charge in [-0.05, 0) is 17.7 Å². The van der Waals surface area contributed by atoms with Crippen LogP contribution in [0, 0.1) is 0 Å². The first-order chi connectivity index (χ1) is 7.09. The number of fused-ring (bicyclic) bond motifs is 1. The molecule has 5 nitrogen and oxygen atoms in total. The molecule has 2 aromatic rings. The van der Waals surface area contributed by atoms with Gasteiger partial charge in [0.25, 0.3) is 0 Å². The van der Waals surface area contributed by atoms with Crippen LogP contribution in [0.15, 0.2) is 30.5 Å². The first kappa shape index (κ1) is 12.0. The largest absolute Gasteiger partial charge is 0.760 e. The number of nitrogens with zero attached hydrogens (tertiary/aromatic N) is 2. The summed E-state index contributed by atoms with van der Waals surface area (Å²) in [6, 6.07) is 7.72. The quantitative estimate of drug-likeness (QED) is 0.553. The van der Waals surface area contributed by atoms with Gasteiger partial charge in [-0.25, -0.2) is 9.97 Å². The van der Waals surface area contributed by atoms with Crippen molar-refractivity contribution < 1.29 is 8.76 Å². The summed E-state index contributed by atoms with van der Waals surface area (Å²) in [6.45, 7) is 0. The van der Waals surface area contributed by atoms with Crippen molar-refractivity contribution in [3.05, 3.63) is 35.7 Å². The Morgan fingerprint density at radius 3 is 2.67 bits per heavy atom. The van der Waals surface area contributed by atoms with Crippen LogP contribution >= 0.6 is 11.6 Å². The topological polar surface area (TPSA) is 91.9 Å². The van der Waals surface area contributed by atoms with E-state index in [0.29, 0.717) is 5.28 Å². The SMILES string of the molecule is Clc1ncc2ccccc2n1.NS(=O)[O-]. The Kier molecular flexibility index (Phi) is 4.57. The van der Waals surface area contributed by atoms with Crippen molar-refractivity contribution in [3.8, 4) is 0 Å². The second-order valence-corrected chi connectivity index (χ2v) is 3.32. The molecule has 0 saturated heterocycles. The molecule has 1 unspecified atom stereocenters. The molecular formula is C8H7ClN3O2S-. The number of halogens is 1. The highest BCUT2D eigenvalue weighted by atomic mass is 35.5. The van der Waals surface area contributed by atoms with Gasteiger partial charge in [0, 0.05) is 22.8 Å². The van der Waals surface area contributed by atoms with Crippen LogP contribution in [0.25, 0.3) is 10.9 Å². The lowest BCUT2D eigenvalue weighted by Crippen LogP contribution is -1.97. The molecule has 1 heterocycles. The minimum atomic E-state index is -2.36. The fraction of sp³-hybridized carbons (Fsp3) is 0. The molecule has 0 radical (unpaired) electrons. The van der Waals surface area contributed by atoms with E-state index in [0.717, 1.165) is 10.9 Å². The molecule has 0 spiro atoms. The summed E-state index contributed by atoms with van der Waals surface area (Å²) in [5.74, 6) is 0. The van der Waals surface area contributed by atoms with Crippen molar-refractivity contribution in [1.82, 2.24) is 9.97 Å². The zero-order valence-electron chi connectivity index (χ0n) is 7.46. The van der Waals surface area contributed by atoms with E-state index in [-0.39, 0.29) is 0 Å². The Labute approximate surface area is 93.7 Å². The van der Waals surface area contributed by atoms with Gasteiger partial charge in [0.05, 0.1) is 5.52 Å². The molecule has 0 fully saturated rings. The number of aromatic nitrogens is 2. The van der Waals surface area contributed by atoms with Crippen LogP contribution in [0.3, 0.4) is 0 Å². The fourth-order valence-electron chi connectivity index (χ4n) is 0.950. The standard InChI is InChI=1S/C8H5ClN2.H3NO2S/c9-8-10-5-6-3-1-2-4-7(6)11-8;1-4(2)3/h1-5H;1H2,(H,2,3)/p-1. The third-order valence-corrected chi connectivity index (χ3v) is 1.64. The number of para-hydroxylation sites is 1. The van der Waals surface area contributed by atoms with Gasteiger partial charge in [0.2, 0.25) is 5.28 Å². The van der Waals surface area contributed by atoms with Crippen molar-refractivity contribution in [3.63, 3.8) is 0 Å². The number of hydrogen-bond acceptors (Lipinski definition) is 4. The van der Waals surface area contributed by atoms with Crippen molar-refractivity contribution in [2.45, 2.75) is 0 Å². The van der Waals surface area contributed by atoms with E-state index in [1.165, 1.54) is 0 Å². The summed E-state index contributed by atoms with van der Waals surface area (Å²) in [5, 5.41) is 5.33. The Balaban J connectivity index is 0.000000245. The van der Waals surface area contributed by atoms with Crippen molar-refractivity contribution in [2.24, 2.45) is 5.14 Å². The highest BCUT2D eigenvalue weighted by Crippen LogP contribution is 2.11. The molecule has 1 aromatic heterocycles. The molecule has 1 atom stereocenters. The number of rotatable bonds is 0. The minimum Gasteiger partial charge on any atom is -0.760 e. The first-order valence-electron chi connectivity index (χ1n) is 3.80. The normalized spacial score (nSPS) is 11.7. The van der Waals surface area contributed by atoms with E-state index in [1.807, 2.05) is 24.3 Å². The monoisotopic (exact) mass is 244 g/mol. The lowest BCUT2D eigenvalue weighted by molar-refractivity contribution is 0.539. The highest BCUT2D eigenvalue weighted by Gasteiger charge is 1.93. The van der Waals surface area contributed by atoms with Gasteiger partial charge in [-0.1, -0.05) is 18.2 Å². The minimum absolute atomic E-state index is 0.295. The molecule has 0 bridgehead atoms. The molecular weight excluding hydrogens is 238 g/mol. The number of nitrogens with two attached hydrogens (primary N) is 1. The zero-order chi connectivity index (χ0) is 11.3. The number of hydrogen-bond donors (Lipinski definition) is 1. The Morgan fingerprint density at radius 2 is 2.00 bits per heavy atom. The summed E-state index contributed by atoms with van der Waals surface area (Å²) < 4.78 is 17.6. The predicted molar refractivity (Wildman–Crippen MR) is 57.7 cm³/mol. The average molecular weight is 245 g/mol. The van der Waals surface area contributed by atoms with Crippen LogP contribution in [0.2, 0.25) is 5.28 Å². The van der Waals surface area contributed by atoms with Crippen LogP contribution in [0.4, 0.5) is 0 Å². The van der Waals surface area contributed by atoms with Gasteiger partial charge in [0.15, 0.2) is 0 Å². The predicted octanol–water partition coefficient (Wildman–Crippen LogP) is 1.02. The molecule has 2 N–H and O–H groups in total. The maximum absolute atomic E-state index is 8.78. The van der Waals surface area contributed by atoms with Gasteiger partial charge in [-0.2, -0.15) is 0 Å². The molecule has 0 aliphatic carbocycles. The number of benzene rings is 1. The molecule has 2 rings (SSSR count). The summed E-state index contributed by atoms with van der Waals surface area (Å²) in [7, 11) is 0. The van der Waals surface area contributed by atoms with E-state index in [9.17, 15) is 0 Å². The maximum Gasteiger partial charge on any atom is 0.222 e. The van der Waals surface area contributed by atoms with Crippen LogP contribution in [-0.2, 0) is 11.3 Å². The van der Waals surface area contributed by atoms with E-state index >= 15 is 0 Å². The molecule has 0 saturated carbocycles. The molecule has 0 aliphatic heterocycles. The molecule has 80 valence electrons. The van der Waals surface area contributed by atoms with Gasteiger partial charge < -0.3 is 4.55 Å². The second kappa shape index (κ2) is 5.72. The highest BCUT2D eigenvalue weighted by molar-refractivity contribution is 7.76. The van der Waals surface area contributed by atoms with Crippen LogP contribution in [-0.4, -0.2) is 18.7 Å². The smallest absolute Gasteiger partial charge is 0.222 e. The van der Waals surface area contributed by atoms with Crippen LogP contribution in [0.1, 0.15) is 0 Å². The van der Waals surface area contributed by atoms with Crippen LogP contribution in [0.5, 0.6) is 0 Å². The lowest BCUT2D eigenvalue weighted by Gasteiger charge is -1.93. The maximum atomic E-state index is 8.78. The Morgan fingerprint density at radius 1 is 1.40 bits per heavy atom. The van der Waals surface area contributed by atoms with E-state index in [4.69, 9.17) is 20.4 Å². The fourth-order valence-corrected chi connectivity index (χ4v) is 1.09. The lowest BCUT2D eigenvalue weighted by atomic mass is 10.2. The van der Waals surface area contributed by atoms with Gasteiger partial charge in [-0.3, -0.25) is 9.35 Å². The average Bonchev–Trinajstić information content (AvgIpc) is 2.16. The van der Waals surface area contributed by atoms with Crippen molar-refractivity contribution in [1.29, 1.82) is 0 Å². The summed E-state index contributed by atoms with van der Waals surface area (Å²) in [5.41, 5.74) is 0.882. The third kappa shape index (κ3) is 4.30. The third-order valence-electron chi connectivity index (χ3n) is 1.46. The van der Waals surface area contributed by atoms with Crippen molar-refractivity contribution >= 4 is 33.8 Å². The molecule has 0 aliphatic rings. The molecule has 0 amide bonds. The summed E-state index contributed by atoms with van der Waals surface area (Å²) >= 11 is 3.24. The Hall–Kier alpha value is -1.08. The van der Waals surface area contributed by atoms with Gasteiger partial charge in [-0.15, -0.1) is 0 Å². The zero-order valence-corrected chi connectivity index (χ0v) is 9.03. The molecule has 7 heteroatoms.